The van der Waals surface area contributed by atoms with Gasteiger partial charge in [0.2, 0.25) is 0 Å². The summed E-state index contributed by atoms with van der Waals surface area (Å²) in [6.45, 7) is 1.18. The molecule has 2 aromatic rings. The molecule has 0 radical (unpaired) electrons. The van der Waals surface area contributed by atoms with Gasteiger partial charge in [0.25, 0.3) is 0 Å². The average Bonchev–Trinajstić information content (AvgIpc) is 3.24. The van der Waals surface area contributed by atoms with Crippen LogP contribution in [0.2, 0.25) is 0 Å². The zero-order valence-corrected chi connectivity index (χ0v) is 16.9. The molecular formula is C21H28N4O4. The number of benzene rings is 1. The van der Waals surface area contributed by atoms with E-state index in [9.17, 15) is 9.59 Å². The van der Waals surface area contributed by atoms with Gasteiger partial charge in [-0.3, -0.25) is 4.79 Å². The summed E-state index contributed by atoms with van der Waals surface area (Å²) in [5, 5.41) is 3.01. The zero-order valence-electron chi connectivity index (χ0n) is 16.9. The minimum atomic E-state index is -0.241. The molecule has 2 heterocycles. The Hall–Kier alpha value is -3.03. The molecule has 1 aliphatic heterocycles. The molecule has 1 aliphatic rings. The van der Waals surface area contributed by atoms with Gasteiger partial charge in [0.1, 0.15) is 11.8 Å². The molecule has 0 spiro atoms. The van der Waals surface area contributed by atoms with E-state index in [0.29, 0.717) is 19.5 Å². The summed E-state index contributed by atoms with van der Waals surface area (Å²) in [7, 11) is 3.03. The Balaban J connectivity index is 1.62. The Morgan fingerprint density at radius 1 is 1.21 bits per heavy atom. The van der Waals surface area contributed by atoms with Crippen LogP contribution in [0, 0.1) is 0 Å². The molecule has 0 saturated carbocycles. The lowest BCUT2D eigenvalue weighted by Crippen LogP contribution is -2.46. The molecule has 0 fully saturated rings. The summed E-state index contributed by atoms with van der Waals surface area (Å²) in [6.07, 6.45) is 5.28. The molecule has 1 aromatic heterocycles. The Bertz CT molecular complexity index is 818. The molecule has 29 heavy (non-hydrogen) atoms. The standard InChI is InChI=1S/C21H28N4O4/c1-28-16-9-7-15(8-10-16)20-19-17(23-14-24-19)11-13-25(20)21(27)22-12-5-3-4-6-18(26)29-2/h7-10,14,20H,3-6,11-13H2,1-2H3,(H,22,27)(H,23,24). The van der Waals surface area contributed by atoms with Crippen molar-refractivity contribution in [3.63, 3.8) is 0 Å². The van der Waals surface area contributed by atoms with Crippen molar-refractivity contribution < 1.29 is 19.1 Å². The Labute approximate surface area is 170 Å². The maximum atomic E-state index is 12.9. The Morgan fingerprint density at radius 3 is 2.72 bits per heavy atom. The number of unbranched alkanes of at least 4 members (excludes halogenated alkanes) is 2. The second-order valence-corrected chi connectivity index (χ2v) is 7.00. The number of hydrogen-bond acceptors (Lipinski definition) is 5. The smallest absolute Gasteiger partial charge is 0.318 e. The summed E-state index contributed by atoms with van der Waals surface area (Å²) >= 11 is 0. The second kappa shape index (κ2) is 9.95. The van der Waals surface area contributed by atoms with Gasteiger partial charge in [0.15, 0.2) is 0 Å². The number of hydrogen-bond donors (Lipinski definition) is 2. The van der Waals surface area contributed by atoms with Gasteiger partial charge in [-0.1, -0.05) is 18.6 Å². The quantitative estimate of drug-likeness (QED) is 0.525. The minimum absolute atomic E-state index is 0.104. The van der Waals surface area contributed by atoms with Gasteiger partial charge in [0.05, 0.1) is 26.2 Å². The number of nitrogens with one attached hydrogen (secondary N) is 2. The number of carbonyl (C=O) groups is 2. The van der Waals surface area contributed by atoms with E-state index in [1.54, 1.807) is 13.4 Å². The van der Waals surface area contributed by atoms with Crippen molar-refractivity contribution in [2.24, 2.45) is 0 Å². The van der Waals surface area contributed by atoms with Crippen LogP contribution in [0.1, 0.15) is 48.7 Å². The summed E-state index contributed by atoms with van der Waals surface area (Å²) in [6, 6.07) is 7.39. The van der Waals surface area contributed by atoms with Gasteiger partial charge in [-0.25, -0.2) is 9.78 Å². The van der Waals surface area contributed by atoms with Crippen LogP contribution in [0.15, 0.2) is 30.6 Å². The lowest BCUT2D eigenvalue weighted by atomic mass is 9.96. The van der Waals surface area contributed by atoms with E-state index >= 15 is 0 Å². The number of H-pyrrole nitrogens is 1. The SMILES string of the molecule is COC(=O)CCCCCNC(=O)N1CCc2[nH]cnc2C1c1ccc(OC)cc1. The summed E-state index contributed by atoms with van der Waals surface area (Å²) in [5.74, 6) is 0.578. The maximum Gasteiger partial charge on any atom is 0.318 e. The number of imidazole rings is 1. The van der Waals surface area contributed by atoms with E-state index in [1.165, 1.54) is 7.11 Å². The highest BCUT2D eigenvalue weighted by Gasteiger charge is 2.33. The number of rotatable bonds is 8. The Kier molecular flexibility index (Phi) is 7.10. The van der Waals surface area contributed by atoms with Crippen LogP contribution in [0.5, 0.6) is 5.75 Å². The molecule has 2 N–H and O–H groups in total. The third kappa shape index (κ3) is 5.07. The van der Waals surface area contributed by atoms with Crippen LogP contribution in [0.3, 0.4) is 0 Å². The number of nitrogens with zero attached hydrogens (tertiary/aromatic N) is 2. The van der Waals surface area contributed by atoms with E-state index in [0.717, 1.165) is 48.4 Å². The number of aromatic nitrogens is 2. The van der Waals surface area contributed by atoms with Crippen LogP contribution >= 0.6 is 0 Å². The first-order valence-electron chi connectivity index (χ1n) is 9.91. The fourth-order valence-electron chi connectivity index (χ4n) is 3.59. The van der Waals surface area contributed by atoms with Crippen molar-refractivity contribution in [3.8, 4) is 5.75 Å². The van der Waals surface area contributed by atoms with Crippen LogP contribution in [0.25, 0.3) is 0 Å². The van der Waals surface area contributed by atoms with Crippen molar-refractivity contribution >= 4 is 12.0 Å². The number of carbonyl (C=O) groups excluding carboxylic acids is 2. The highest BCUT2D eigenvalue weighted by atomic mass is 16.5. The monoisotopic (exact) mass is 400 g/mol. The van der Waals surface area contributed by atoms with Gasteiger partial charge < -0.3 is 24.7 Å². The van der Waals surface area contributed by atoms with E-state index in [2.05, 4.69) is 20.0 Å². The number of esters is 1. The fraction of sp³-hybridized carbons (Fsp3) is 0.476. The normalized spacial score (nSPS) is 15.5. The fourth-order valence-corrected chi connectivity index (χ4v) is 3.59. The van der Waals surface area contributed by atoms with Crippen LogP contribution in [-0.2, 0) is 16.0 Å². The van der Waals surface area contributed by atoms with E-state index in [-0.39, 0.29) is 18.0 Å². The lowest BCUT2D eigenvalue weighted by molar-refractivity contribution is -0.140. The molecular weight excluding hydrogens is 372 g/mol. The van der Waals surface area contributed by atoms with Crippen LogP contribution < -0.4 is 10.1 Å². The van der Waals surface area contributed by atoms with E-state index in [4.69, 9.17) is 4.74 Å². The number of ether oxygens (including phenoxy) is 2. The summed E-state index contributed by atoms with van der Waals surface area (Å²) in [5.41, 5.74) is 2.94. The highest BCUT2D eigenvalue weighted by Crippen LogP contribution is 2.34. The zero-order chi connectivity index (χ0) is 20.6. The summed E-state index contributed by atoms with van der Waals surface area (Å²) < 4.78 is 9.88. The number of aromatic amines is 1. The van der Waals surface area contributed by atoms with Crippen LogP contribution in [-0.4, -0.2) is 54.2 Å². The maximum absolute atomic E-state index is 12.9. The molecule has 8 nitrogen and oxygen atoms in total. The first kappa shape index (κ1) is 20.7. The van der Waals surface area contributed by atoms with Crippen LogP contribution in [0.4, 0.5) is 4.79 Å². The number of amides is 2. The predicted molar refractivity (Wildman–Crippen MR) is 108 cm³/mol. The number of fused-ring (bicyclic) bond motifs is 1. The number of methoxy groups -OCH3 is 2. The van der Waals surface area contributed by atoms with E-state index in [1.807, 2.05) is 29.2 Å². The van der Waals surface area contributed by atoms with Gasteiger partial charge in [-0.2, -0.15) is 0 Å². The Morgan fingerprint density at radius 2 is 2.00 bits per heavy atom. The van der Waals surface area contributed by atoms with Crippen molar-refractivity contribution in [3.05, 3.63) is 47.5 Å². The van der Waals surface area contributed by atoms with Gasteiger partial charge in [-0.05, 0) is 30.5 Å². The third-order valence-electron chi connectivity index (χ3n) is 5.18. The highest BCUT2D eigenvalue weighted by molar-refractivity contribution is 5.75. The van der Waals surface area contributed by atoms with Crippen molar-refractivity contribution in [1.29, 1.82) is 0 Å². The predicted octanol–water partition coefficient (Wildman–Crippen LogP) is 2.81. The third-order valence-corrected chi connectivity index (χ3v) is 5.18. The molecule has 8 heteroatoms. The average molecular weight is 400 g/mol. The minimum Gasteiger partial charge on any atom is -0.497 e. The van der Waals surface area contributed by atoms with Crippen molar-refractivity contribution in [2.75, 3.05) is 27.3 Å². The number of urea groups is 1. The molecule has 2 amide bonds. The van der Waals surface area contributed by atoms with Crippen molar-refractivity contribution in [2.45, 2.75) is 38.1 Å². The molecule has 0 saturated heterocycles. The van der Waals surface area contributed by atoms with Gasteiger partial charge in [0, 0.05) is 31.6 Å². The molecule has 1 atom stereocenters. The van der Waals surface area contributed by atoms with Crippen molar-refractivity contribution in [1.82, 2.24) is 20.2 Å². The molecule has 0 aliphatic carbocycles. The molecule has 0 bridgehead atoms. The van der Waals surface area contributed by atoms with Gasteiger partial charge >= 0.3 is 12.0 Å². The van der Waals surface area contributed by atoms with E-state index < -0.39 is 0 Å². The first-order chi connectivity index (χ1) is 14.1. The molecule has 3 rings (SSSR count). The van der Waals surface area contributed by atoms with Gasteiger partial charge in [-0.15, -0.1) is 0 Å². The molecule has 156 valence electrons. The largest absolute Gasteiger partial charge is 0.497 e. The second-order valence-electron chi connectivity index (χ2n) is 7.00. The lowest BCUT2D eigenvalue weighted by Gasteiger charge is -2.35. The first-order valence-corrected chi connectivity index (χ1v) is 9.91. The summed E-state index contributed by atoms with van der Waals surface area (Å²) in [4.78, 5) is 33.5. The molecule has 1 unspecified atom stereocenters. The topological polar surface area (TPSA) is 96.6 Å². The molecule has 1 aromatic carbocycles.